The van der Waals surface area contributed by atoms with Crippen molar-refractivity contribution in [1.82, 2.24) is 0 Å². The van der Waals surface area contributed by atoms with Gasteiger partial charge in [-0.15, -0.1) is 0 Å². The molecule has 0 aliphatic carbocycles. The van der Waals surface area contributed by atoms with E-state index in [4.69, 9.17) is 37.0 Å². The van der Waals surface area contributed by atoms with Gasteiger partial charge in [0.2, 0.25) is 0 Å². The van der Waals surface area contributed by atoms with E-state index < -0.39 is 97.5 Å². The number of esters is 4. The predicted octanol–water partition coefficient (Wildman–Crippen LogP) is 17.8. The van der Waals surface area contributed by atoms with E-state index in [2.05, 4.69) is 55.4 Å². The molecule has 84 heavy (non-hydrogen) atoms. The van der Waals surface area contributed by atoms with E-state index in [1.807, 2.05) is 0 Å². The smallest absolute Gasteiger partial charge is 0.462 e. The topological polar surface area (TPSA) is 237 Å². The molecule has 0 rings (SSSR count). The second-order valence-corrected chi connectivity index (χ2v) is 27.8. The third-order valence-corrected chi connectivity index (χ3v) is 17.4. The molecule has 0 aliphatic heterocycles. The van der Waals surface area contributed by atoms with Crippen LogP contribution in [0.5, 0.6) is 0 Å². The summed E-state index contributed by atoms with van der Waals surface area (Å²) in [5.74, 6) is 0.788. The number of phosphoric acid groups is 2. The number of aliphatic hydroxyl groups is 1. The highest BCUT2D eigenvalue weighted by atomic mass is 31.2. The van der Waals surface area contributed by atoms with Crippen LogP contribution in [-0.4, -0.2) is 96.7 Å². The molecule has 0 aromatic heterocycles. The zero-order valence-corrected chi connectivity index (χ0v) is 56.3. The number of phosphoric ester groups is 2. The monoisotopic (exact) mass is 1240 g/mol. The average Bonchev–Trinajstić information content (AvgIpc) is 3.48. The first-order chi connectivity index (χ1) is 40.2. The Morgan fingerprint density at radius 2 is 0.571 bits per heavy atom. The standard InChI is InChI=1S/C65H126O17P2/c1-9-57(7)43-35-27-18-15-16-19-29-37-45-62(67)75-51-61(82-65(70)48-40-32-24-22-28-36-44-58(8)10-2)54-80-84(73,74)78-50-59(66)49-77-83(71,72)79-53-60(52-76-63(68)46-38-30-23-21-26-34-42-56(5)6)81-64(69)47-39-31-20-14-12-11-13-17-25-33-41-55(3)4/h55-61,66H,9-54H2,1-8H3,(H,71,72)(H,73,74)/t57?,58?,59-,60+,61+/m0/s1. The number of aliphatic hydroxyl groups excluding tert-OH is 1. The molecule has 0 bridgehead atoms. The van der Waals surface area contributed by atoms with Gasteiger partial charge in [0, 0.05) is 25.7 Å². The first-order valence-corrected chi connectivity index (χ1v) is 36.8. The van der Waals surface area contributed by atoms with Crippen molar-refractivity contribution in [3.63, 3.8) is 0 Å². The zero-order valence-electron chi connectivity index (χ0n) is 54.5. The number of hydrogen-bond donors (Lipinski definition) is 3. The summed E-state index contributed by atoms with van der Waals surface area (Å²) in [7, 11) is -9.89. The van der Waals surface area contributed by atoms with Crippen molar-refractivity contribution in [2.45, 2.75) is 331 Å². The summed E-state index contributed by atoms with van der Waals surface area (Å²) in [6, 6.07) is 0. The molecule has 0 aliphatic rings. The molecule has 0 spiro atoms. The first-order valence-electron chi connectivity index (χ1n) is 33.8. The van der Waals surface area contributed by atoms with E-state index in [1.54, 1.807) is 0 Å². The number of unbranched alkanes of at least 4 members (excludes halogenated alkanes) is 26. The summed E-state index contributed by atoms with van der Waals surface area (Å²) in [6.45, 7) is 14.0. The molecule has 0 amide bonds. The van der Waals surface area contributed by atoms with Crippen LogP contribution in [0.15, 0.2) is 0 Å². The van der Waals surface area contributed by atoms with Crippen molar-refractivity contribution < 1.29 is 80.2 Å². The highest BCUT2D eigenvalue weighted by molar-refractivity contribution is 7.47. The van der Waals surface area contributed by atoms with Crippen LogP contribution >= 0.6 is 15.6 Å². The Kier molecular flexibility index (Phi) is 53.9. The first kappa shape index (κ1) is 82.1. The van der Waals surface area contributed by atoms with Crippen LogP contribution in [0.2, 0.25) is 0 Å². The lowest BCUT2D eigenvalue weighted by atomic mass is 9.99. The van der Waals surface area contributed by atoms with Crippen molar-refractivity contribution in [1.29, 1.82) is 0 Å². The van der Waals surface area contributed by atoms with Gasteiger partial charge in [0.15, 0.2) is 12.2 Å². The van der Waals surface area contributed by atoms with Crippen LogP contribution in [0.3, 0.4) is 0 Å². The minimum Gasteiger partial charge on any atom is -0.462 e. The van der Waals surface area contributed by atoms with Crippen molar-refractivity contribution in [2.24, 2.45) is 23.7 Å². The number of rotatable bonds is 62. The zero-order chi connectivity index (χ0) is 62.5. The Bertz CT molecular complexity index is 1680. The molecular weight excluding hydrogens is 1110 g/mol. The highest BCUT2D eigenvalue weighted by Gasteiger charge is 2.30. The van der Waals surface area contributed by atoms with Crippen molar-refractivity contribution in [2.75, 3.05) is 39.6 Å². The molecule has 17 nitrogen and oxygen atoms in total. The average molecular weight is 1240 g/mol. The number of carbonyl (C=O) groups excluding carboxylic acids is 4. The molecule has 0 saturated heterocycles. The fourth-order valence-electron chi connectivity index (χ4n) is 9.54. The fourth-order valence-corrected chi connectivity index (χ4v) is 11.1. The van der Waals surface area contributed by atoms with Gasteiger partial charge < -0.3 is 33.8 Å². The number of ether oxygens (including phenoxy) is 4. The summed E-state index contributed by atoms with van der Waals surface area (Å²) in [4.78, 5) is 72.2. The van der Waals surface area contributed by atoms with Crippen LogP contribution in [0.25, 0.3) is 0 Å². The maximum absolute atomic E-state index is 13.0. The van der Waals surface area contributed by atoms with Crippen molar-refractivity contribution in [3.05, 3.63) is 0 Å². The molecule has 4 unspecified atom stereocenters. The Morgan fingerprint density at radius 3 is 0.845 bits per heavy atom. The largest absolute Gasteiger partial charge is 0.472 e. The summed E-state index contributed by atoms with van der Waals surface area (Å²) >= 11 is 0. The van der Waals surface area contributed by atoms with Crippen molar-refractivity contribution in [3.8, 4) is 0 Å². The quantitative estimate of drug-likeness (QED) is 0.0222. The third kappa shape index (κ3) is 56.6. The van der Waals surface area contributed by atoms with Gasteiger partial charge >= 0.3 is 39.5 Å². The highest BCUT2D eigenvalue weighted by Crippen LogP contribution is 2.45. The molecule has 0 radical (unpaired) electrons. The normalized spacial score (nSPS) is 15.1. The molecule has 7 atom stereocenters. The van der Waals surface area contributed by atoms with Crippen LogP contribution in [0, 0.1) is 23.7 Å². The second-order valence-electron chi connectivity index (χ2n) is 24.9. The fraction of sp³-hybridized carbons (Fsp3) is 0.938. The number of carbonyl (C=O) groups is 4. The maximum atomic E-state index is 13.0. The van der Waals surface area contributed by atoms with E-state index in [0.717, 1.165) is 114 Å². The summed E-state index contributed by atoms with van der Waals surface area (Å²) in [6.07, 6.45) is 34.9. The summed E-state index contributed by atoms with van der Waals surface area (Å²) in [5, 5.41) is 10.5. The summed E-state index contributed by atoms with van der Waals surface area (Å²) < 4.78 is 68.0. The predicted molar refractivity (Wildman–Crippen MR) is 335 cm³/mol. The van der Waals surface area contributed by atoms with E-state index in [9.17, 15) is 43.2 Å². The van der Waals surface area contributed by atoms with E-state index >= 15 is 0 Å². The van der Waals surface area contributed by atoms with Crippen molar-refractivity contribution >= 4 is 39.5 Å². The summed E-state index contributed by atoms with van der Waals surface area (Å²) in [5.41, 5.74) is 0. The third-order valence-electron chi connectivity index (χ3n) is 15.5. The Balaban J connectivity index is 5.25. The van der Waals surface area contributed by atoms with E-state index in [1.165, 1.54) is 109 Å². The van der Waals surface area contributed by atoms with Gasteiger partial charge in [0.25, 0.3) is 0 Å². The van der Waals surface area contributed by atoms with E-state index in [-0.39, 0.29) is 25.7 Å². The molecule has 0 aromatic rings. The second kappa shape index (κ2) is 55.2. The van der Waals surface area contributed by atoms with Gasteiger partial charge in [-0.25, -0.2) is 9.13 Å². The van der Waals surface area contributed by atoms with Crippen LogP contribution in [0.1, 0.15) is 312 Å². The van der Waals surface area contributed by atoms with Gasteiger partial charge in [0.1, 0.15) is 19.3 Å². The Labute approximate surface area is 511 Å². The van der Waals surface area contributed by atoms with Gasteiger partial charge in [-0.05, 0) is 49.4 Å². The van der Waals surface area contributed by atoms with Gasteiger partial charge in [-0.2, -0.15) is 0 Å². The molecule has 0 heterocycles. The number of hydrogen-bond acceptors (Lipinski definition) is 15. The molecule has 3 N–H and O–H groups in total. The molecule has 0 aromatic carbocycles. The van der Waals surface area contributed by atoms with Crippen LogP contribution < -0.4 is 0 Å². The van der Waals surface area contributed by atoms with Gasteiger partial charge in [-0.3, -0.25) is 37.3 Å². The van der Waals surface area contributed by atoms with Crippen LogP contribution in [-0.2, 0) is 65.4 Å². The van der Waals surface area contributed by atoms with Gasteiger partial charge in [-0.1, -0.05) is 261 Å². The van der Waals surface area contributed by atoms with Gasteiger partial charge in [0.05, 0.1) is 26.4 Å². The maximum Gasteiger partial charge on any atom is 0.472 e. The molecule has 498 valence electrons. The minimum atomic E-state index is -4.95. The molecular formula is C65H126O17P2. The Hall–Kier alpha value is -1.94. The lowest BCUT2D eigenvalue weighted by Gasteiger charge is -2.21. The lowest BCUT2D eigenvalue weighted by Crippen LogP contribution is -2.30. The molecule has 0 saturated carbocycles. The SMILES string of the molecule is CCC(C)CCCCCCCCCCC(=O)OC[C@H](COP(=O)(O)OC[C@@H](O)COP(=O)(O)OC[C@@H](COC(=O)CCCCCCCCC(C)C)OC(=O)CCCCCCCCCCCCC(C)C)OC(=O)CCCCCCCCC(C)CC. The molecule has 19 heteroatoms. The van der Waals surface area contributed by atoms with E-state index in [0.29, 0.717) is 31.6 Å². The Morgan fingerprint density at radius 1 is 0.333 bits per heavy atom. The minimum absolute atomic E-state index is 0.102. The lowest BCUT2D eigenvalue weighted by molar-refractivity contribution is -0.161. The molecule has 0 fully saturated rings. The van der Waals surface area contributed by atoms with Crippen LogP contribution in [0.4, 0.5) is 0 Å².